The van der Waals surface area contributed by atoms with Crippen LogP contribution >= 0.6 is 11.3 Å². The summed E-state index contributed by atoms with van der Waals surface area (Å²) in [5.41, 5.74) is 1.72. The molecule has 1 unspecified atom stereocenters. The van der Waals surface area contributed by atoms with Crippen LogP contribution in [0.4, 0.5) is 0 Å². The molecule has 0 aromatic carbocycles. The summed E-state index contributed by atoms with van der Waals surface area (Å²) in [5, 5.41) is 3.37. The lowest BCUT2D eigenvalue weighted by molar-refractivity contribution is 0.0653. The number of aromatic nitrogens is 1. The Morgan fingerprint density at radius 2 is 2.59 bits per heavy atom. The van der Waals surface area contributed by atoms with Crippen LogP contribution in [-0.4, -0.2) is 41.5 Å². The Balaban J connectivity index is 2.07. The molecular weight excluding hydrogens is 234 g/mol. The van der Waals surface area contributed by atoms with Crippen molar-refractivity contribution in [3.05, 3.63) is 16.6 Å². The fourth-order valence-electron chi connectivity index (χ4n) is 2.25. The Morgan fingerprint density at radius 1 is 1.71 bits per heavy atom. The molecule has 4 nitrogen and oxygen atoms in total. The molecule has 1 aromatic rings. The molecule has 2 heterocycles. The van der Waals surface area contributed by atoms with Crippen LogP contribution < -0.4 is 5.32 Å². The Morgan fingerprint density at radius 3 is 3.18 bits per heavy atom. The molecule has 1 amide bonds. The summed E-state index contributed by atoms with van der Waals surface area (Å²) in [6.45, 7) is 4.95. The SMILES string of the molecule is CCCN(C(=O)c1cncs1)C1CCCNC1. The average Bonchev–Trinajstić information content (AvgIpc) is 2.90. The summed E-state index contributed by atoms with van der Waals surface area (Å²) in [6, 6.07) is 0.346. The minimum Gasteiger partial charge on any atom is -0.334 e. The highest BCUT2D eigenvalue weighted by atomic mass is 32.1. The van der Waals surface area contributed by atoms with E-state index in [1.54, 1.807) is 11.7 Å². The van der Waals surface area contributed by atoms with Crippen LogP contribution in [0.2, 0.25) is 0 Å². The molecule has 1 fully saturated rings. The predicted octanol–water partition coefficient (Wildman–Crippen LogP) is 1.75. The molecule has 0 saturated carbocycles. The predicted molar refractivity (Wildman–Crippen MR) is 69.3 cm³/mol. The number of piperidine rings is 1. The zero-order valence-electron chi connectivity index (χ0n) is 10.2. The van der Waals surface area contributed by atoms with Gasteiger partial charge in [0, 0.05) is 19.1 Å². The molecule has 0 radical (unpaired) electrons. The second kappa shape index (κ2) is 6.12. The number of carbonyl (C=O) groups is 1. The van der Waals surface area contributed by atoms with E-state index in [-0.39, 0.29) is 5.91 Å². The van der Waals surface area contributed by atoms with Crippen molar-refractivity contribution < 1.29 is 4.79 Å². The minimum absolute atomic E-state index is 0.142. The van der Waals surface area contributed by atoms with Gasteiger partial charge in [-0.15, -0.1) is 11.3 Å². The van der Waals surface area contributed by atoms with Crippen molar-refractivity contribution in [2.24, 2.45) is 0 Å². The number of hydrogen-bond donors (Lipinski definition) is 1. The Labute approximate surface area is 106 Å². The third-order valence-electron chi connectivity index (χ3n) is 3.08. The average molecular weight is 253 g/mol. The maximum Gasteiger partial charge on any atom is 0.265 e. The third-order valence-corrected chi connectivity index (χ3v) is 3.84. The molecule has 1 aliphatic rings. The molecule has 5 heteroatoms. The molecule has 1 saturated heterocycles. The zero-order valence-corrected chi connectivity index (χ0v) is 11.0. The van der Waals surface area contributed by atoms with Crippen molar-refractivity contribution in [3.63, 3.8) is 0 Å². The van der Waals surface area contributed by atoms with E-state index in [0.29, 0.717) is 6.04 Å². The number of carbonyl (C=O) groups excluding carboxylic acids is 1. The van der Waals surface area contributed by atoms with Crippen molar-refractivity contribution in [3.8, 4) is 0 Å². The number of amides is 1. The molecule has 1 N–H and O–H groups in total. The van der Waals surface area contributed by atoms with E-state index < -0.39 is 0 Å². The van der Waals surface area contributed by atoms with E-state index in [9.17, 15) is 4.79 Å². The first-order valence-corrected chi connectivity index (χ1v) is 7.11. The van der Waals surface area contributed by atoms with Gasteiger partial charge < -0.3 is 10.2 Å². The maximum absolute atomic E-state index is 12.4. The van der Waals surface area contributed by atoms with Crippen molar-refractivity contribution in [2.45, 2.75) is 32.2 Å². The number of hydrogen-bond acceptors (Lipinski definition) is 4. The van der Waals surface area contributed by atoms with Gasteiger partial charge in [-0.25, -0.2) is 0 Å². The van der Waals surface area contributed by atoms with E-state index in [4.69, 9.17) is 0 Å². The summed E-state index contributed by atoms with van der Waals surface area (Å²) in [5.74, 6) is 0.142. The van der Waals surface area contributed by atoms with E-state index >= 15 is 0 Å². The second-order valence-electron chi connectivity index (χ2n) is 4.36. The zero-order chi connectivity index (χ0) is 12.1. The molecule has 94 valence electrons. The number of nitrogens with zero attached hydrogens (tertiary/aromatic N) is 2. The number of rotatable bonds is 4. The highest BCUT2D eigenvalue weighted by Gasteiger charge is 2.26. The highest BCUT2D eigenvalue weighted by Crippen LogP contribution is 2.17. The quantitative estimate of drug-likeness (QED) is 0.889. The van der Waals surface area contributed by atoms with Crippen LogP contribution in [0.15, 0.2) is 11.7 Å². The van der Waals surface area contributed by atoms with Gasteiger partial charge in [-0.3, -0.25) is 9.78 Å². The molecule has 1 aliphatic heterocycles. The minimum atomic E-state index is 0.142. The molecule has 1 aromatic heterocycles. The van der Waals surface area contributed by atoms with Crippen LogP contribution in [-0.2, 0) is 0 Å². The van der Waals surface area contributed by atoms with E-state index in [0.717, 1.165) is 43.8 Å². The molecular formula is C12H19N3OS. The van der Waals surface area contributed by atoms with Gasteiger partial charge in [0.2, 0.25) is 0 Å². The smallest absolute Gasteiger partial charge is 0.265 e. The lowest BCUT2D eigenvalue weighted by Crippen LogP contribution is -2.48. The molecule has 0 spiro atoms. The van der Waals surface area contributed by atoms with Crippen LogP contribution in [0.3, 0.4) is 0 Å². The molecule has 0 bridgehead atoms. The Kier molecular flexibility index (Phi) is 4.50. The lowest BCUT2D eigenvalue weighted by Gasteiger charge is -2.34. The summed E-state index contributed by atoms with van der Waals surface area (Å²) in [4.78, 5) is 19.1. The second-order valence-corrected chi connectivity index (χ2v) is 5.25. The number of thiazole rings is 1. The van der Waals surface area contributed by atoms with Gasteiger partial charge in [-0.1, -0.05) is 6.92 Å². The van der Waals surface area contributed by atoms with Gasteiger partial charge in [0.25, 0.3) is 5.91 Å². The monoisotopic (exact) mass is 253 g/mol. The largest absolute Gasteiger partial charge is 0.334 e. The van der Waals surface area contributed by atoms with Gasteiger partial charge in [0.05, 0.1) is 11.7 Å². The molecule has 1 atom stereocenters. The van der Waals surface area contributed by atoms with Crippen molar-refractivity contribution >= 4 is 17.2 Å². The molecule has 17 heavy (non-hydrogen) atoms. The third kappa shape index (κ3) is 3.04. The first kappa shape index (κ1) is 12.5. The lowest BCUT2D eigenvalue weighted by atomic mass is 10.1. The molecule has 0 aliphatic carbocycles. The van der Waals surface area contributed by atoms with E-state index in [2.05, 4.69) is 17.2 Å². The summed E-state index contributed by atoms with van der Waals surface area (Å²) in [6.07, 6.45) is 4.94. The Bertz CT molecular complexity index is 347. The van der Waals surface area contributed by atoms with Crippen LogP contribution in [0.1, 0.15) is 35.9 Å². The summed E-state index contributed by atoms with van der Waals surface area (Å²) in [7, 11) is 0. The summed E-state index contributed by atoms with van der Waals surface area (Å²) >= 11 is 1.43. The van der Waals surface area contributed by atoms with Gasteiger partial charge in [0.15, 0.2) is 0 Å². The van der Waals surface area contributed by atoms with Crippen LogP contribution in [0.25, 0.3) is 0 Å². The topological polar surface area (TPSA) is 45.2 Å². The first-order valence-electron chi connectivity index (χ1n) is 6.23. The van der Waals surface area contributed by atoms with Crippen LogP contribution in [0, 0.1) is 0 Å². The van der Waals surface area contributed by atoms with Gasteiger partial charge in [-0.2, -0.15) is 0 Å². The fourth-order valence-corrected chi connectivity index (χ4v) is 2.83. The van der Waals surface area contributed by atoms with E-state index in [1.165, 1.54) is 11.3 Å². The molecule has 2 rings (SSSR count). The normalized spacial score (nSPS) is 20.2. The highest BCUT2D eigenvalue weighted by molar-refractivity contribution is 7.11. The van der Waals surface area contributed by atoms with Gasteiger partial charge in [0.1, 0.15) is 4.88 Å². The Hall–Kier alpha value is -0.940. The summed E-state index contributed by atoms with van der Waals surface area (Å²) < 4.78 is 0. The fraction of sp³-hybridized carbons (Fsp3) is 0.667. The van der Waals surface area contributed by atoms with Gasteiger partial charge >= 0.3 is 0 Å². The van der Waals surface area contributed by atoms with Crippen molar-refractivity contribution in [2.75, 3.05) is 19.6 Å². The first-order chi connectivity index (χ1) is 8.33. The number of nitrogens with one attached hydrogen (secondary N) is 1. The maximum atomic E-state index is 12.4. The van der Waals surface area contributed by atoms with Crippen molar-refractivity contribution in [1.82, 2.24) is 15.2 Å². The van der Waals surface area contributed by atoms with Gasteiger partial charge in [-0.05, 0) is 25.8 Å². The van der Waals surface area contributed by atoms with Crippen molar-refractivity contribution in [1.29, 1.82) is 0 Å². The van der Waals surface area contributed by atoms with E-state index in [1.807, 2.05) is 4.90 Å². The van der Waals surface area contributed by atoms with Crippen LogP contribution in [0.5, 0.6) is 0 Å². The standard InChI is InChI=1S/C12H19N3OS/c1-2-6-15(10-4-3-5-13-7-10)12(16)11-8-14-9-17-11/h8-10,13H,2-7H2,1H3.